The Kier molecular flexibility index (Phi) is 57.3. The highest BCUT2D eigenvalue weighted by molar-refractivity contribution is 5.76. The predicted molar refractivity (Wildman–Crippen MR) is 304 cm³/mol. The zero-order valence-electron chi connectivity index (χ0n) is 45.6. The van der Waals surface area contributed by atoms with E-state index in [0.717, 1.165) is 64.2 Å². The van der Waals surface area contributed by atoms with Gasteiger partial charge in [0.05, 0.1) is 18.8 Å². The highest BCUT2D eigenvalue weighted by atomic mass is 16.3. The third-order valence-electron chi connectivity index (χ3n) is 13.7. The Balaban J connectivity index is 3.43. The molecule has 0 saturated heterocycles. The molecule has 0 aromatic rings. The Morgan fingerprint density at radius 1 is 0.368 bits per heavy atom. The molecule has 3 N–H and O–H groups in total. The van der Waals surface area contributed by atoms with Gasteiger partial charge in [0, 0.05) is 6.42 Å². The predicted octanol–water partition coefficient (Wildman–Crippen LogP) is 20.1. The summed E-state index contributed by atoms with van der Waals surface area (Å²) in [5, 5.41) is 23.3. The van der Waals surface area contributed by atoms with Crippen LogP contribution in [0, 0.1) is 0 Å². The second-order valence-electron chi connectivity index (χ2n) is 20.4. The van der Waals surface area contributed by atoms with Crippen LogP contribution in [0.5, 0.6) is 0 Å². The molecule has 0 aromatic heterocycles. The molecule has 0 aliphatic carbocycles. The first-order valence-electron chi connectivity index (χ1n) is 30.1. The Morgan fingerprint density at radius 3 is 0.971 bits per heavy atom. The molecule has 0 aliphatic heterocycles. The van der Waals surface area contributed by atoms with Gasteiger partial charge < -0.3 is 15.5 Å². The van der Waals surface area contributed by atoms with E-state index in [4.69, 9.17) is 0 Å². The van der Waals surface area contributed by atoms with E-state index < -0.39 is 12.1 Å². The number of aliphatic hydroxyl groups is 2. The molecule has 0 bridgehead atoms. The minimum Gasteiger partial charge on any atom is -0.394 e. The van der Waals surface area contributed by atoms with Crippen LogP contribution in [0.2, 0.25) is 0 Å². The lowest BCUT2D eigenvalue weighted by molar-refractivity contribution is -0.123. The van der Waals surface area contributed by atoms with Crippen LogP contribution < -0.4 is 5.32 Å². The van der Waals surface area contributed by atoms with Gasteiger partial charge in [0.25, 0.3) is 0 Å². The summed E-state index contributed by atoms with van der Waals surface area (Å²) in [5.41, 5.74) is 0. The minimum absolute atomic E-state index is 0.0276. The summed E-state index contributed by atoms with van der Waals surface area (Å²) in [6, 6.07) is -0.537. The van der Waals surface area contributed by atoms with Crippen molar-refractivity contribution in [3.63, 3.8) is 0 Å². The van der Waals surface area contributed by atoms with Crippen LogP contribution in [-0.4, -0.2) is 34.9 Å². The van der Waals surface area contributed by atoms with Crippen LogP contribution in [0.15, 0.2) is 72.9 Å². The highest BCUT2D eigenvalue weighted by Gasteiger charge is 2.20. The summed E-state index contributed by atoms with van der Waals surface area (Å²) >= 11 is 0. The third-order valence-corrected chi connectivity index (χ3v) is 13.7. The van der Waals surface area contributed by atoms with Crippen molar-refractivity contribution in [3.8, 4) is 0 Å². The fourth-order valence-corrected chi connectivity index (χ4v) is 9.19. The molecule has 0 fully saturated rings. The average molecular weight is 949 g/mol. The SMILES string of the molecule is CC/C=C\C/C=C\C/C=C\C/C=C\C/C=C\C/C=C\CCCCCCCCCCCCCCCCCCCCCCC(=O)NC(CO)C(O)CCCCCCCCCCCCCCCCCCC. The Bertz CT molecular complexity index is 1170. The fourth-order valence-electron chi connectivity index (χ4n) is 9.19. The lowest BCUT2D eigenvalue weighted by atomic mass is 10.0. The number of hydrogen-bond acceptors (Lipinski definition) is 3. The summed E-state index contributed by atoms with van der Waals surface area (Å²) in [6.07, 6.45) is 84.8. The van der Waals surface area contributed by atoms with Gasteiger partial charge in [0.1, 0.15) is 0 Å². The van der Waals surface area contributed by atoms with Gasteiger partial charge in [-0.25, -0.2) is 0 Å². The molecular weight excluding hydrogens is 831 g/mol. The van der Waals surface area contributed by atoms with Crippen molar-refractivity contribution in [2.24, 2.45) is 0 Å². The molecule has 0 spiro atoms. The van der Waals surface area contributed by atoms with E-state index >= 15 is 0 Å². The molecule has 0 saturated carbocycles. The first kappa shape index (κ1) is 65.8. The van der Waals surface area contributed by atoms with Crippen LogP contribution >= 0.6 is 0 Å². The van der Waals surface area contributed by atoms with Crippen molar-refractivity contribution in [2.75, 3.05) is 6.61 Å². The number of allylic oxidation sites excluding steroid dienone is 12. The van der Waals surface area contributed by atoms with Gasteiger partial charge >= 0.3 is 0 Å². The van der Waals surface area contributed by atoms with Gasteiger partial charge in [-0.3, -0.25) is 4.79 Å². The summed E-state index contributed by atoms with van der Waals surface area (Å²) in [6.45, 7) is 4.26. The van der Waals surface area contributed by atoms with E-state index in [-0.39, 0.29) is 12.5 Å². The average Bonchev–Trinajstić information content (AvgIpc) is 3.34. The van der Waals surface area contributed by atoms with E-state index in [1.807, 2.05) is 0 Å². The van der Waals surface area contributed by atoms with E-state index in [0.29, 0.717) is 12.8 Å². The molecule has 396 valence electrons. The van der Waals surface area contributed by atoms with Gasteiger partial charge in [0.15, 0.2) is 0 Å². The Morgan fingerprint density at radius 2 is 0.647 bits per heavy atom. The van der Waals surface area contributed by atoms with Gasteiger partial charge in [0.2, 0.25) is 5.91 Å². The van der Waals surface area contributed by atoms with E-state index in [1.165, 1.54) is 218 Å². The fraction of sp³-hybridized carbons (Fsp3) is 0.797. The maximum Gasteiger partial charge on any atom is 0.220 e. The van der Waals surface area contributed by atoms with E-state index in [9.17, 15) is 15.0 Å². The van der Waals surface area contributed by atoms with Gasteiger partial charge in [-0.2, -0.15) is 0 Å². The zero-order valence-corrected chi connectivity index (χ0v) is 45.6. The standard InChI is InChI=1S/C64H117NO3/c1-3-5-7-9-11-13-15-17-19-21-22-23-24-25-26-27-28-29-30-31-32-33-34-35-36-37-38-39-40-41-42-44-46-48-50-52-54-56-58-60-64(68)65-62(61-66)63(67)59-57-55-53-51-49-47-45-43-20-18-16-14-12-10-8-6-4-2/h5,7,11,13,17,19,22-23,25-26,28-29,62-63,66-67H,3-4,6,8-10,12,14-16,18,20-21,24,27,30-61H2,1-2H3,(H,65,68)/b7-5-,13-11-,19-17-,23-22-,26-25-,29-28-. The van der Waals surface area contributed by atoms with Crippen LogP contribution in [-0.2, 0) is 4.79 Å². The Hall–Kier alpha value is -2.17. The van der Waals surface area contributed by atoms with Crippen molar-refractivity contribution in [1.82, 2.24) is 5.32 Å². The first-order valence-corrected chi connectivity index (χ1v) is 30.1. The second kappa shape index (κ2) is 59.1. The number of carbonyl (C=O) groups is 1. The smallest absolute Gasteiger partial charge is 0.220 e. The largest absolute Gasteiger partial charge is 0.394 e. The van der Waals surface area contributed by atoms with Crippen molar-refractivity contribution in [1.29, 1.82) is 0 Å². The van der Waals surface area contributed by atoms with E-state index in [1.54, 1.807) is 0 Å². The molecule has 4 heteroatoms. The van der Waals surface area contributed by atoms with Crippen molar-refractivity contribution < 1.29 is 15.0 Å². The molecular formula is C64H117NO3. The molecule has 1 amide bonds. The van der Waals surface area contributed by atoms with Crippen molar-refractivity contribution in [3.05, 3.63) is 72.9 Å². The van der Waals surface area contributed by atoms with Crippen LogP contribution in [0.4, 0.5) is 0 Å². The summed E-state index contributed by atoms with van der Waals surface area (Å²) < 4.78 is 0. The third kappa shape index (κ3) is 54.8. The number of rotatable bonds is 55. The summed E-state index contributed by atoms with van der Waals surface area (Å²) in [5.74, 6) is -0.0276. The maximum absolute atomic E-state index is 12.5. The molecule has 2 atom stereocenters. The van der Waals surface area contributed by atoms with Gasteiger partial charge in [-0.05, 0) is 64.2 Å². The lowest BCUT2D eigenvalue weighted by Crippen LogP contribution is -2.45. The molecule has 68 heavy (non-hydrogen) atoms. The van der Waals surface area contributed by atoms with Crippen LogP contribution in [0.3, 0.4) is 0 Å². The molecule has 2 unspecified atom stereocenters. The summed E-state index contributed by atoms with van der Waals surface area (Å²) in [4.78, 5) is 12.5. The first-order chi connectivity index (χ1) is 33.7. The number of aliphatic hydroxyl groups excluding tert-OH is 2. The molecule has 0 aromatic carbocycles. The van der Waals surface area contributed by atoms with Gasteiger partial charge in [-0.15, -0.1) is 0 Å². The number of unbranched alkanes of at least 4 members (excludes halogenated alkanes) is 36. The van der Waals surface area contributed by atoms with Crippen LogP contribution in [0.25, 0.3) is 0 Å². The van der Waals surface area contributed by atoms with Crippen molar-refractivity contribution in [2.45, 2.75) is 321 Å². The number of hydrogen-bond donors (Lipinski definition) is 3. The number of nitrogens with one attached hydrogen (secondary N) is 1. The molecule has 0 heterocycles. The molecule has 0 aliphatic rings. The van der Waals surface area contributed by atoms with Gasteiger partial charge in [-0.1, -0.05) is 311 Å². The molecule has 0 radical (unpaired) electrons. The second-order valence-corrected chi connectivity index (χ2v) is 20.4. The molecule has 4 nitrogen and oxygen atoms in total. The highest BCUT2D eigenvalue weighted by Crippen LogP contribution is 2.18. The maximum atomic E-state index is 12.5. The number of carbonyl (C=O) groups excluding carboxylic acids is 1. The molecule has 0 rings (SSSR count). The topological polar surface area (TPSA) is 69.6 Å². The summed E-state index contributed by atoms with van der Waals surface area (Å²) in [7, 11) is 0. The zero-order chi connectivity index (χ0) is 49.2. The quantitative estimate of drug-likeness (QED) is 0.0420. The van der Waals surface area contributed by atoms with Crippen molar-refractivity contribution >= 4 is 5.91 Å². The lowest BCUT2D eigenvalue weighted by Gasteiger charge is -2.22. The van der Waals surface area contributed by atoms with E-state index in [2.05, 4.69) is 92.1 Å². The number of amides is 1. The monoisotopic (exact) mass is 948 g/mol. The Labute approximate surface area is 425 Å². The minimum atomic E-state index is -0.660. The normalized spacial score (nSPS) is 13.3. The van der Waals surface area contributed by atoms with Crippen LogP contribution in [0.1, 0.15) is 309 Å².